The van der Waals surface area contributed by atoms with E-state index in [1.807, 2.05) is 42.6 Å². The minimum atomic E-state index is -0.968. The van der Waals surface area contributed by atoms with E-state index in [9.17, 15) is 9.90 Å². The molecule has 6 heteroatoms. The summed E-state index contributed by atoms with van der Waals surface area (Å²) in [6.07, 6.45) is 3.91. The molecule has 0 saturated heterocycles. The number of pyridine rings is 1. The van der Waals surface area contributed by atoms with Gasteiger partial charge in [0.25, 0.3) is 0 Å². The fourth-order valence-corrected chi connectivity index (χ4v) is 3.28. The average molecular weight is 385 g/mol. The van der Waals surface area contributed by atoms with E-state index in [1.165, 1.54) is 0 Å². The molecule has 0 radical (unpaired) electrons. The van der Waals surface area contributed by atoms with E-state index in [1.54, 1.807) is 24.4 Å². The second kappa shape index (κ2) is 9.34. The van der Waals surface area contributed by atoms with Crippen molar-refractivity contribution in [1.82, 2.24) is 4.98 Å². The molecule has 0 bridgehead atoms. The predicted molar refractivity (Wildman–Crippen MR) is 107 cm³/mol. The van der Waals surface area contributed by atoms with Gasteiger partial charge >= 0.3 is 35.5 Å². The van der Waals surface area contributed by atoms with E-state index in [4.69, 9.17) is 9.47 Å². The van der Waals surface area contributed by atoms with Crippen LogP contribution in [-0.2, 0) is 17.8 Å². The van der Waals surface area contributed by atoms with Gasteiger partial charge in [-0.05, 0) is 47.4 Å². The first-order valence-electron chi connectivity index (χ1n) is 8.81. The van der Waals surface area contributed by atoms with Crippen molar-refractivity contribution in [2.24, 2.45) is 0 Å². The zero-order valence-electron chi connectivity index (χ0n) is 14.7. The number of carbonyl (C=O) groups is 1. The number of benzene rings is 2. The van der Waals surface area contributed by atoms with Crippen molar-refractivity contribution in [3.05, 3.63) is 94.8 Å². The second-order valence-corrected chi connectivity index (χ2v) is 6.41. The molecule has 5 nitrogen and oxygen atoms in total. The van der Waals surface area contributed by atoms with Gasteiger partial charge in [-0.15, -0.1) is 0 Å². The Morgan fingerprint density at radius 3 is 2.79 bits per heavy atom. The zero-order valence-corrected chi connectivity index (χ0v) is 14.7. The number of rotatable bonds is 5. The summed E-state index contributed by atoms with van der Waals surface area (Å²) < 4.78 is 12.2. The van der Waals surface area contributed by atoms with E-state index in [0.717, 1.165) is 28.7 Å². The van der Waals surface area contributed by atoms with Crippen LogP contribution in [0.1, 0.15) is 38.7 Å². The maximum atomic E-state index is 11.4. The normalized spacial score (nSPS) is 14.6. The molecule has 0 fully saturated rings. The van der Waals surface area contributed by atoms with Gasteiger partial charge in [0.1, 0.15) is 18.5 Å². The number of aromatic nitrogens is 1. The third kappa shape index (κ3) is 4.45. The van der Waals surface area contributed by atoms with E-state index in [0.29, 0.717) is 19.0 Å². The summed E-state index contributed by atoms with van der Waals surface area (Å²) in [4.78, 5) is 15.6. The number of hydrogen-bond donors (Lipinski definition) is 1. The summed E-state index contributed by atoms with van der Waals surface area (Å²) in [5.74, 6) is -0.313. The first kappa shape index (κ1) is 20.6. The SMILES string of the molecule is O=C(O)c1ccc2c(c1)C(OCCc1cccnc1)c1ccccc1CO2.[NaH]. The summed E-state index contributed by atoms with van der Waals surface area (Å²) in [6.45, 7) is 0.916. The van der Waals surface area contributed by atoms with Crippen LogP contribution in [0.4, 0.5) is 0 Å². The van der Waals surface area contributed by atoms with Crippen LogP contribution < -0.4 is 4.74 Å². The Hall–Kier alpha value is -2.18. The first-order valence-corrected chi connectivity index (χ1v) is 8.81. The molecule has 0 saturated carbocycles. The quantitative estimate of drug-likeness (QED) is 0.682. The van der Waals surface area contributed by atoms with Crippen LogP contribution in [0, 0.1) is 0 Å². The molecule has 1 aromatic heterocycles. The van der Waals surface area contributed by atoms with E-state index >= 15 is 0 Å². The Morgan fingerprint density at radius 1 is 1.14 bits per heavy atom. The van der Waals surface area contributed by atoms with Crippen molar-refractivity contribution in [3.63, 3.8) is 0 Å². The van der Waals surface area contributed by atoms with Crippen LogP contribution in [0.3, 0.4) is 0 Å². The summed E-state index contributed by atoms with van der Waals surface area (Å²) in [5.41, 5.74) is 4.10. The van der Waals surface area contributed by atoms with Crippen molar-refractivity contribution in [2.45, 2.75) is 19.1 Å². The Kier molecular flexibility index (Phi) is 6.86. The summed E-state index contributed by atoms with van der Waals surface area (Å²) in [7, 11) is 0. The molecule has 3 aromatic rings. The Morgan fingerprint density at radius 2 is 2.00 bits per heavy atom. The third-order valence-electron chi connectivity index (χ3n) is 4.66. The molecular formula is C22H20NNaO4. The second-order valence-electron chi connectivity index (χ2n) is 6.41. The van der Waals surface area contributed by atoms with Crippen LogP contribution >= 0.6 is 0 Å². The van der Waals surface area contributed by atoms with Crippen molar-refractivity contribution in [3.8, 4) is 5.75 Å². The van der Waals surface area contributed by atoms with Crippen LogP contribution in [-0.4, -0.2) is 52.2 Å². The van der Waals surface area contributed by atoms with Gasteiger partial charge in [-0.1, -0.05) is 30.3 Å². The summed E-state index contributed by atoms with van der Waals surface area (Å²) >= 11 is 0. The Balaban J connectivity index is 0.00000225. The molecule has 1 aliphatic rings. The Labute approximate surface area is 185 Å². The van der Waals surface area contributed by atoms with E-state index in [2.05, 4.69) is 4.98 Å². The van der Waals surface area contributed by atoms with Crippen molar-refractivity contribution in [1.29, 1.82) is 0 Å². The maximum absolute atomic E-state index is 11.4. The average Bonchev–Trinajstić information content (AvgIpc) is 2.86. The number of ether oxygens (including phenoxy) is 2. The molecule has 1 aliphatic heterocycles. The van der Waals surface area contributed by atoms with Gasteiger partial charge in [-0.25, -0.2) is 4.79 Å². The van der Waals surface area contributed by atoms with Crippen LogP contribution in [0.15, 0.2) is 67.0 Å². The zero-order chi connectivity index (χ0) is 18.6. The molecule has 138 valence electrons. The number of hydrogen-bond acceptors (Lipinski definition) is 4. The van der Waals surface area contributed by atoms with Crippen LogP contribution in [0.5, 0.6) is 5.75 Å². The molecule has 0 amide bonds. The molecule has 1 unspecified atom stereocenters. The van der Waals surface area contributed by atoms with Gasteiger partial charge in [0.15, 0.2) is 0 Å². The topological polar surface area (TPSA) is 68.7 Å². The van der Waals surface area contributed by atoms with Crippen molar-refractivity contribution < 1.29 is 19.4 Å². The summed E-state index contributed by atoms with van der Waals surface area (Å²) in [5, 5.41) is 9.37. The predicted octanol–water partition coefficient (Wildman–Crippen LogP) is 3.37. The molecule has 1 N–H and O–H groups in total. The molecule has 28 heavy (non-hydrogen) atoms. The first-order chi connectivity index (χ1) is 13.2. The standard InChI is InChI=1S/C22H19NO4.Na.H/c24-22(25)16-7-8-20-19(12-16)21(18-6-2-1-5-17(18)14-27-20)26-11-9-15-4-3-10-23-13-15;;/h1-8,10,12-13,21H,9,11,14H2,(H,24,25);;. The van der Waals surface area contributed by atoms with Gasteiger partial charge in [0.2, 0.25) is 0 Å². The molecule has 1 atom stereocenters. The molecule has 0 spiro atoms. The number of nitrogens with zero attached hydrogens (tertiary/aromatic N) is 1. The van der Waals surface area contributed by atoms with Crippen molar-refractivity contribution in [2.75, 3.05) is 6.61 Å². The van der Waals surface area contributed by atoms with Crippen LogP contribution in [0.25, 0.3) is 0 Å². The molecule has 2 aromatic carbocycles. The van der Waals surface area contributed by atoms with Gasteiger partial charge in [0.05, 0.1) is 12.2 Å². The number of fused-ring (bicyclic) bond motifs is 2. The number of carboxylic acid groups (broad SMARTS) is 1. The van der Waals surface area contributed by atoms with E-state index in [-0.39, 0.29) is 41.2 Å². The molecule has 0 aliphatic carbocycles. The minimum absolute atomic E-state index is 0. The Bertz CT molecular complexity index is 962. The number of carboxylic acids is 1. The monoisotopic (exact) mass is 385 g/mol. The van der Waals surface area contributed by atoms with Gasteiger partial charge in [-0.2, -0.15) is 0 Å². The van der Waals surface area contributed by atoms with Gasteiger partial charge < -0.3 is 14.6 Å². The van der Waals surface area contributed by atoms with E-state index < -0.39 is 5.97 Å². The number of aromatic carboxylic acids is 1. The fourth-order valence-electron chi connectivity index (χ4n) is 3.28. The molecular weight excluding hydrogens is 365 g/mol. The van der Waals surface area contributed by atoms with Gasteiger partial charge in [0, 0.05) is 18.0 Å². The summed E-state index contributed by atoms with van der Waals surface area (Å²) in [6, 6.07) is 16.8. The van der Waals surface area contributed by atoms with Crippen LogP contribution in [0.2, 0.25) is 0 Å². The molecule has 4 rings (SSSR count). The van der Waals surface area contributed by atoms with Crippen molar-refractivity contribution >= 4 is 35.5 Å². The fraction of sp³-hybridized carbons (Fsp3) is 0.182. The van der Waals surface area contributed by atoms with Gasteiger partial charge in [-0.3, -0.25) is 4.98 Å². The third-order valence-corrected chi connectivity index (χ3v) is 4.66. The molecule has 2 heterocycles.